The number of amides is 1. The molecule has 0 saturated heterocycles. The number of hydrogen-bond acceptors (Lipinski definition) is 5. The molecule has 0 aromatic heterocycles. The zero-order chi connectivity index (χ0) is 19.6. The Balaban J connectivity index is 1.77. The van der Waals surface area contributed by atoms with Gasteiger partial charge in [-0.3, -0.25) is 15.6 Å². The maximum Gasteiger partial charge on any atom is 0.279 e. The molecular formula is C19H23N3O4S. The molecule has 2 aromatic carbocycles. The average Bonchev–Trinajstić information content (AvgIpc) is 2.68. The van der Waals surface area contributed by atoms with Crippen molar-refractivity contribution in [1.82, 2.24) is 10.9 Å². The number of rotatable bonds is 7. The second-order valence-electron chi connectivity index (χ2n) is 5.46. The Morgan fingerprint density at radius 1 is 1.00 bits per heavy atom. The minimum Gasteiger partial charge on any atom is -0.497 e. The fourth-order valence-electron chi connectivity index (χ4n) is 2.10. The molecule has 0 spiro atoms. The maximum atomic E-state index is 12.1. The van der Waals surface area contributed by atoms with Gasteiger partial charge in [0.1, 0.15) is 17.2 Å². The summed E-state index contributed by atoms with van der Waals surface area (Å²) in [6.45, 7) is 4.15. The third-order valence-corrected chi connectivity index (χ3v) is 3.67. The van der Waals surface area contributed by atoms with Crippen molar-refractivity contribution in [2.24, 2.45) is 0 Å². The van der Waals surface area contributed by atoms with Crippen LogP contribution in [-0.2, 0) is 4.79 Å². The number of nitrogens with one attached hydrogen (secondary N) is 3. The first kappa shape index (κ1) is 20.3. The molecule has 0 aliphatic heterocycles. The SMILES string of the molecule is CCOc1ccc(O[C@@H](C)C(=O)NNC(=S)Nc2ccc(OC)cc2)cc1. The molecule has 1 atom stereocenters. The molecular weight excluding hydrogens is 366 g/mol. The van der Waals surface area contributed by atoms with E-state index in [4.69, 9.17) is 26.4 Å². The normalized spacial score (nSPS) is 11.1. The number of methoxy groups -OCH3 is 1. The lowest BCUT2D eigenvalue weighted by Gasteiger charge is -2.17. The standard InChI is InChI=1S/C19H23N3O4S/c1-4-25-16-9-11-17(12-10-16)26-13(2)18(23)21-22-19(27)20-14-5-7-15(24-3)8-6-14/h5-13H,4H2,1-3H3,(H,21,23)(H2,20,22,27)/t13-/m0/s1. The summed E-state index contributed by atoms with van der Waals surface area (Å²) in [5.41, 5.74) is 5.92. The second-order valence-corrected chi connectivity index (χ2v) is 5.87. The molecule has 0 bridgehead atoms. The molecule has 0 saturated carbocycles. The van der Waals surface area contributed by atoms with Crippen molar-refractivity contribution in [3.63, 3.8) is 0 Å². The fourth-order valence-corrected chi connectivity index (χ4v) is 2.26. The lowest BCUT2D eigenvalue weighted by atomic mass is 10.3. The van der Waals surface area contributed by atoms with E-state index in [0.29, 0.717) is 12.4 Å². The van der Waals surface area contributed by atoms with E-state index in [1.165, 1.54) is 0 Å². The Labute approximate surface area is 164 Å². The van der Waals surface area contributed by atoms with Crippen LogP contribution in [0.1, 0.15) is 13.8 Å². The summed E-state index contributed by atoms with van der Waals surface area (Å²) in [5, 5.41) is 3.20. The summed E-state index contributed by atoms with van der Waals surface area (Å²) in [6, 6.07) is 14.3. The van der Waals surface area contributed by atoms with Crippen molar-refractivity contribution in [3.05, 3.63) is 48.5 Å². The first-order chi connectivity index (χ1) is 13.0. The van der Waals surface area contributed by atoms with Crippen LogP contribution in [0.15, 0.2) is 48.5 Å². The van der Waals surface area contributed by atoms with Gasteiger partial charge < -0.3 is 19.5 Å². The van der Waals surface area contributed by atoms with Gasteiger partial charge in [0.15, 0.2) is 11.2 Å². The van der Waals surface area contributed by atoms with E-state index in [1.807, 2.05) is 19.1 Å². The first-order valence-electron chi connectivity index (χ1n) is 8.42. The van der Waals surface area contributed by atoms with Gasteiger partial charge in [-0.05, 0) is 74.6 Å². The van der Waals surface area contributed by atoms with Gasteiger partial charge in [0.25, 0.3) is 5.91 Å². The molecule has 0 unspecified atom stereocenters. The number of hydrazine groups is 1. The van der Waals surface area contributed by atoms with Gasteiger partial charge in [-0.25, -0.2) is 0 Å². The van der Waals surface area contributed by atoms with Crippen molar-refractivity contribution in [3.8, 4) is 17.2 Å². The van der Waals surface area contributed by atoms with E-state index in [0.717, 1.165) is 17.2 Å². The molecule has 0 fully saturated rings. The van der Waals surface area contributed by atoms with Crippen molar-refractivity contribution in [2.75, 3.05) is 19.0 Å². The summed E-state index contributed by atoms with van der Waals surface area (Å²) in [5.74, 6) is 1.70. The van der Waals surface area contributed by atoms with E-state index in [9.17, 15) is 4.79 Å². The molecule has 27 heavy (non-hydrogen) atoms. The molecule has 0 aliphatic rings. The predicted molar refractivity (Wildman–Crippen MR) is 108 cm³/mol. The van der Waals surface area contributed by atoms with Crippen LogP contribution < -0.4 is 30.4 Å². The van der Waals surface area contributed by atoms with Crippen LogP contribution in [0.5, 0.6) is 17.2 Å². The van der Waals surface area contributed by atoms with Gasteiger partial charge in [-0.2, -0.15) is 0 Å². The number of ether oxygens (including phenoxy) is 3. The summed E-state index contributed by atoms with van der Waals surface area (Å²) in [4.78, 5) is 12.1. The number of benzene rings is 2. The molecule has 1 amide bonds. The van der Waals surface area contributed by atoms with Gasteiger partial charge in [-0.15, -0.1) is 0 Å². The Hall–Kier alpha value is -3.00. The molecule has 2 aromatic rings. The molecule has 0 aliphatic carbocycles. The first-order valence-corrected chi connectivity index (χ1v) is 8.83. The third kappa shape index (κ3) is 6.67. The topological polar surface area (TPSA) is 80.9 Å². The van der Waals surface area contributed by atoms with Crippen molar-refractivity contribution < 1.29 is 19.0 Å². The Morgan fingerprint density at radius 3 is 2.19 bits per heavy atom. The number of hydrogen-bond donors (Lipinski definition) is 3. The van der Waals surface area contributed by atoms with Crippen LogP contribution in [0.3, 0.4) is 0 Å². The molecule has 3 N–H and O–H groups in total. The van der Waals surface area contributed by atoms with Crippen LogP contribution >= 0.6 is 12.2 Å². The minimum atomic E-state index is -0.709. The summed E-state index contributed by atoms with van der Waals surface area (Å²) < 4.78 is 16.1. The highest BCUT2D eigenvalue weighted by Gasteiger charge is 2.14. The minimum absolute atomic E-state index is 0.252. The largest absolute Gasteiger partial charge is 0.497 e. The molecule has 7 nitrogen and oxygen atoms in total. The second kappa shape index (κ2) is 10.2. The van der Waals surface area contributed by atoms with Gasteiger partial charge in [-0.1, -0.05) is 0 Å². The molecule has 2 rings (SSSR count). The lowest BCUT2D eigenvalue weighted by molar-refractivity contribution is -0.127. The predicted octanol–water partition coefficient (Wildman–Crippen LogP) is 2.88. The number of carbonyl (C=O) groups is 1. The van der Waals surface area contributed by atoms with Gasteiger partial charge in [0, 0.05) is 5.69 Å². The monoisotopic (exact) mass is 389 g/mol. The van der Waals surface area contributed by atoms with Gasteiger partial charge in [0.05, 0.1) is 13.7 Å². The Morgan fingerprint density at radius 2 is 1.59 bits per heavy atom. The zero-order valence-corrected chi connectivity index (χ0v) is 16.3. The highest BCUT2D eigenvalue weighted by molar-refractivity contribution is 7.80. The van der Waals surface area contributed by atoms with E-state index >= 15 is 0 Å². The number of carbonyl (C=O) groups excluding carboxylic acids is 1. The quantitative estimate of drug-likeness (QED) is 0.496. The van der Waals surface area contributed by atoms with Crippen molar-refractivity contribution >= 4 is 28.9 Å². The highest BCUT2D eigenvalue weighted by Crippen LogP contribution is 2.18. The van der Waals surface area contributed by atoms with Crippen LogP contribution in [0.2, 0.25) is 0 Å². The van der Waals surface area contributed by atoms with Gasteiger partial charge in [0.2, 0.25) is 0 Å². The smallest absolute Gasteiger partial charge is 0.279 e. The van der Waals surface area contributed by atoms with Crippen LogP contribution in [0, 0.1) is 0 Å². The molecule has 8 heteroatoms. The van der Waals surface area contributed by atoms with E-state index in [1.54, 1.807) is 50.4 Å². The summed E-state index contributed by atoms with van der Waals surface area (Å²) in [7, 11) is 1.60. The van der Waals surface area contributed by atoms with Crippen LogP contribution in [0.4, 0.5) is 5.69 Å². The average molecular weight is 389 g/mol. The number of anilines is 1. The molecule has 0 heterocycles. The van der Waals surface area contributed by atoms with Crippen molar-refractivity contribution in [2.45, 2.75) is 20.0 Å². The Kier molecular flexibility index (Phi) is 7.69. The maximum absolute atomic E-state index is 12.1. The fraction of sp³-hybridized carbons (Fsp3) is 0.263. The third-order valence-electron chi connectivity index (χ3n) is 3.46. The Bertz CT molecular complexity index is 751. The van der Waals surface area contributed by atoms with Crippen molar-refractivity contribution in [1.29, 1.82) is 0 Å². The highest BCUT2D eigenvalue weighted by atomic mass is 32.1. The van der Waals surface area contributed by atoms with E-state index in [2.05, 4.69) is 16.2 Å². The van der Waals surface area contributed by atoms with Crippen LogP contribution in [-0.4, -0.2) is 30.8 Å². The lowest BCUT2D eigenvalue weighted by Crippen LogP contribution is -2.48. The molecule has 144 valence electrons. The number of thiocarbonyl (C=S) groups is 1. The summed E-state index contributed by atoms with van der Waals surface area (Å²) in [6.07, 6.45) is -0.709. The summed E-state index contributed by atoms with van der Waals surface area (Å²) >= 11 is 5.15. The van der Waals surface area contributed by atoms with E-state index < -0.39 is 6.10 Å². The van der Waals surface area contributed by atoms with Crippen LogP contribution in [0.25, 0.3) is 0 Å². The van der Waals surface area contributed by atoms with E-state index in [-0.39, 0.29) is 11.0 Å². The van der Waals surface area contributed by atoms with Gasteiger partial charge >= 0.3 is 0 Å². The zero-order valence-electron chi connectivity index (χ0n) is 15.4. The molecule has 0 radical (unpaired) electrons.